The molecule has 1 unspecified atom stereocenters. The predicted octanol–water partition coefficient (Wildman–Crippen LogP) is 4.40. The Bertz CT molecular complexity index is 578. The third-order valence-electron chi connectivity index (χ3n) is 3.82. The summed E-state index contributed by atoms with van der Waals surface area (Å²) in [7, 11) is 0. The van der Waals surface area contributed by atoms with E-state index in [-0.39, 0.29) is 6.61 Å². The molecular weight excluding hydrogens is 270 g/mol. The molecule has 3 heteroatoms. The second-order valence-electron chi connectivity index (χ2n) is 5.33. The van der Waals surface area contributed by atoms with Gasteiger partial charge in [-0.15, -0.1) is 0 Å². The minimum absolute atomic E-state index is 0.0567. The number of anilines is 1. The highest BCUT2D eigenvalue weighted by atomic mass is 35.5. The molecule has 1 aliphatic carbocycles. The van der Waals surface area contributed by atoms with E-state index in [2.05, 4.69) is 17.4 Å². The Balaban J connectivity index is 1.86. The Kier molecular flexibility index (Phi) is 3.95. The van der Waals surface area contributed by atoms with Gasteiger partial charge >= 0.3 is 0 Å². The van der Waals surface area contributed by atoms with Crippen LogP contribution in [0, 0.1) is 5.92 Å². The Morgan fingerprint density at radius 2 is 1.80 bits per heavy atom. The van der Waals surface area contributed by atoms with Gasteiger partial charge in [-0.2, -0.15) is 0 Å². The van der Waals surface area contributed by atoms with Crippen LogP contribution in [0.1, 0.15) is 30.0 Å². The van der Waals surface area contributed by atoms with Gasteiger partial charge in [0.25, 0.3) is 0 Å². The Hall–Kier alpha value is -1.51. The van der Waals surface area contributed by atoms with E-state index in [4.69, 9.17) is 11.6 Å². The molecule has 0 aromatic heterocycles. The topological polar surface area (TPSA) is 32.3 Å². The minimum Gasteiger partial charge on any atom is -0.392 e. The number of hydrogen-bond acceptors (Lipinski definition) is 2. The van der Waals surface area contributed by atoms with Crippen molar-refractivity contribution in [2.75, 3.05) is 5.32 Å². The molecule has 104 valence electrons. The number of aliphatic hydroxyl groups is 1. The molecule has 2 N–H and O–H groups in total. The van der Waals surface area contributed by atoms with Crippen LogP contribution in [0.3, 0.4) is 0 Å². The van der Waals surface area contributed by atoms with Crippen LogP contribution in [0.4, 0.5) is 5.69 Å². The van der Waals surface area contributed by atoms with Gasteiger partial charge in [0.15, 0.2) is 0 Å². The van der Waals surface area contributed by atoms with Crippen molar-refractivity contribution in [1.82, 2.24) is 0 Å². The monoisotopic (exact) mass is 287 g/mol. The van der Waals surface area contributed by atoms with Crippen molar-refractivity contribution in [2.24, 2.45) is 5.92 Å². The van der Waals surface area contributed by atoms with Gasteiger partial charge < -0.3 is 10.4 Å². The number of halogens is 1. The van der Waals surface area contributed by atoms with Gasteiger partial charge in [-0.3, -0.25) is 0 Å². The summed E-state index contributed by atoms with van der Waals surface area (Å²) in [5.41, 5.74) is 3.21. The van der Waals surface area contributed by atoms with Crippen LogP contribution in [0.25, 0.3) is 0 Å². The van der Waals surface area contributed by atoms with Crippen LogP contribution in [0.2, 0.25) is 5.02 Å². The van der Waals surface area contributed by atoms with Crippen LogP contribution in [-0.2, 0) is 6.61 Å². The van der Waals surface area contributed by atoms with Crippen LogP contribution in [-0.4, -0.2) is 5.11 Å². The average molecular weight is 288 g/mol. The molecule has 0 radical (unpaired) electrons. The van der Waals surface area contributed by atoms with Crippen molar-refractivity contribution in [3.8, 4) is 0 Å². The second-order valence-corrected chi connectivity index (χ2v) is 5.76. The van der Waals surface area contributed by atoms with E-state index >= 15 is 0 Å². The molecule has 1 saturated carbocycles. The van der Waals surface area contributed by atoms with Crippen molar-refractivity contribution < 1.29 is 5.11 Å². The lowest BCUT2D eigenvalue weighted by atomic mass is 10.0. The third-order valence-corrected chi connectivity index (χ3v) is 4.07. The smallest absolute Gasteiger partial charge is 0.0701 e. The summed E-state index contributed by atoms with van der Waals surface area (Å²) in [5.74, 6) is 0.669. The second kappa shape index (κ2) is 5.86. The number of rotatable bonds is 5. The molecule has 20 heavy (non-hydrogen) atoms. The molecule has 0 amide bonds. The van der Waals surface area contributed by atoms with Crippen LogP contribution in [0.15, 0.2) is 48.5 Å². The zero-order valence-electron chi connectivity index (χ0n) is 11.2. The lowest BCUT2D eigenvalue weighted by molar-refractivity contribution is 0.282. The molecule has 2 aromatic carbocycles. The molecule has 1 aliphatic rings. The highest BCUT2D eigenvalue weighted by Crippen LogP contribution is 2.43. The first-order chi connectivity index (χ1) is 9.78. The fraction of sp³-hybridized carbons (Fsp3) is 0.294. The van der Waals surface area contributed by atoms with Crippen LogP contribution < -0.4 is 5.32 Å². The van der Waals surface area contributed by atoms with Crippen molar-refractivity contribution in [2.45, 2.75) is 25.5 Å². The summed E-state index contributed by atoms with van der Waals surface area (Å²) in [6, 6.07) is 16.3. The van der Waals surface area contributed by atoms with Crippen LogP contribution >= 0.6 is 11.6 Å². The van der Waals surface area contributed by atoms with E-state index in [9.17, 15) is 5.11 Å². The van der Waals surface area contributed by atoms with Gasteiger partial charge in [-0.05, 0) is 42.5 Å². The molecule has 2 nitrogen and oxygen atoms in total. The van der Waals surface area contributed by atoms with E-state index < -0.39 is 0 Å². The van der Waals surface area contributed by atoms with Gasteiger partial charge in [0, 0.05) is 16.3 Å². The van der Waals surface area contributed by atoms with Crippen molar-refractivity contribution in [1.29, 1.82) is 0 Å². The Morgan fingerprint density at radius 1 is 1.10 bits per heavy atom. The standard InChI is InChI=1S/C17H18ClNO/c18-15-9-7-13(8-10-15)17(12-5-6-12)19-16-4-2-1-3-14(16)11-20/h1-4,7-10,12,17,19-20H,5-6,11H2. The Labute approximate surface area is 124 Å². The van der Waals surface area contributed by atoms with Gasteiger partial charge in [0.05, 0.1) is 12.6 Å². The van der Waals surface area contributed by atoms with E-state index in [1.807, 2.05) is 36.4 Å². The quantitative estimate of drug-likeness (QED) is 0.854. The maximum atomic E-state index is 9.44. The van der Waals surface area contributed by atoms with Gasteiger partial charge in [-0.1, -0.05) is 41.9 Å². The third kappa shape index (κ3) is 2.97. The lowest BCUT2D eigenvalue weighted by Gasteiger charge is -2.22. The van der Waals surface area contributed by atoms with E-state index in [0.29, 0.717) is 12.0 Å². The molecule has 1 atom stereocenters. The van der Waals surface area contributed by atoms with Gasteiger partial charge in [-0.25, -0.2) is 0 Å². The van der Waals surface area contributed by atoms with Crippen molar-refractivity contribution in [3.63, 3.8) is 0 Å². The normalized spacial score (nSPS) is 15.9. The summed E-state index contributed by atoms with van der Waals surface area (Å²) in [5, 5.41) is 13.8. The zero-order chi connectivity index (χ0) is 13.9. The average Bonchev–Trinajstić information content (AvgIpc) is 3.31. The summed E-state index contributed by atoms with van der Waals surface area (Å²) >= 11 is 5.97. The van der Waals surface area contributed by atoms with Crippen LogP contribution in [0.5, 0.6) is 0 Å². The molecule has 1 fully saturated rings. The SMILES string of the molecule is OCc1ccccc1NC(c1ccc(Cl)cc1)C1CC1. The first kappa shape index (κ1) is 13.5. The summed E-state index contributed by atoms with van der Waals surface area (Å²) in [4.78, 5) is 0. The van der Waals surface area contributed by atoms with E-state index in [1.54, 1.807) is 0 Å². The number of para-hydroxylation sites is 1. The highest BCUT2D eigenvalue weighted by Gasteiger charge is 2.32. The lowest BCUT2D eigenvalue weighted by Crippen LogP contribution is -2.14. The number of nitrogens with one attached hydrogen (secondary N) is 1. The van der Waals surface area contributed by atoms with E-state index in [1.165, 1.54) is 18.4 Å². The maximum Gasteiger partial charge on any atom is 0.0701 e. The summed E-state index contributed by atoms with van der Waals surface area (Å²) < 4.78 is 0. The van der Waals surface area contributed by atoms with Crippen molar-refractivity contribution >= 4 is 17.3 Å². The molecular formula is C17H18ClNO. The molecule has 0 aliphatic heterocycles. The van der Waals surface area contributed by atoms with Gasteiger partial charge in [0.2, 0.25) is 0 Å². The Morgan fingerprint density at radius 3 is 2.45 bits per heavy atom. The minimum atomic E-state index is 0.0567. The zero-order valence-corrected chi connectivity index (χ0v) is 12.0. The van der Waals surface area contributed by atoms with Crippen molar-refractivity contribution in [3.05, 3.63) is 64.7 Å². The number of hydrogen-bond donors (Lipinski definition) is 2. The fourth-order valence-electron chi connectivity index (χ4n) is 2.54. The molecule has 0 saturated heterocycles. The van der Waals surface area contributed by atoms with Gasteiger partial charge in [0.1, 0.15) is 0 Å². The number of aliphatic hydroxyl groups excluding tert-OH is 1. The summed E-state index contributed by atoms with van der Waals surface area (Å²) in [6.07, 6.45) is 2.50. The highest BCUT2D eigenvalue weighted by molar-refractivity contribution is 6.30. The molecule has 0 spiro atoms. The molecule has 3 rings (SSSR count). The first-order valence-electron chi connectivity index (χ1n) is 6.98. The first-order valence-corrected chi connectivity index (χ1v) is 7.36. The largest absolute Gasteiger partial charge is 0.392 e. The maximum absolute atomic E-state index is 9.44. The molecule has 2 aromatic rings. The number of benzene rings is 2. The van der Waals surface area contributed by atoms with E-state index in [0.717, 1.165) is 16.3 Å². The predicted molar refractivity (Wildman–Crippen MR) is 82.9 cm³/mol. The molecule has 0 heterocycles. The molecule has 0 bridgehead atoms. The fourth-order valence-corrected chi connectivity index (χ4v) is 2.67. The summed E-state index contributed by atoms with van der Waals surface area (Å²) in [6.45, 7) is 0.0567.